The van der Waals surface area contributed by atoms with Crippen LogP contribution < -0.4 is 10.1 Å². The number of nitrogens with zero attached hydrogens (tertiary/aromatic N) is 2. The van der Waals surface area contributed by atoms with E-state index in [0.717, 1.165) is 59.3 Å². The third kappa shape index (κ3) is 11.1. The summed E-state index contributed by atoms with van der Waals surface area (Å²) in [7, 11) is -3.44. The van der Waals surface area contributed by atoms with Crippen molar-refractivity contribution < 1.29 is 43.5 Å². The number of aryl methyl sites for hydroxylation is 1. The maximum Gasteiger partial charge on any atom is 0.222 e. The maximum absolute atomic E-state index is 13.2. The molecule has 1 amide bonds. The first-order valence-corrected chi connectivity index (χ1v) is 20.6. The van der Waals surface area contributed by atoms with Crippen LogP contribution in [0.2, 0.25) is 0 Å². The summed E-state index contributed by atoms with van der Waals surface area (Å²) in [5.41, 5.74) is 6.70. The summed E-state index contributed by atoms with van der Waals surface area (Å²) < 4.78 is 30.0. The molecule has 13 heteroatoms. The number of aliphatic hydroxyl groups excluding tert-OH is 5. The van der Waals surface area contributed by atoms with Crippen LogP contribution in [0.25, 0.3) is 11.1 Å². The molecule has 2 saturated carbocycles. The Morgan fingerprint density at radius 2 is 1.75 bits per heavy atom. The van der Waals surface area contributed by atoms with Gasteiger partial charge in [0, 0.05) is 55.8 Å². The molecule has 290 valence electrons. The van der Waals surface area contributed by atoms with Crippen molar-refractivity contribution in [2.24, 2.45) is 0 Å². The van der Waals surface area contributed by atoms with Crippen molar-refractivity contribution in [1.82, 2.24) is 15.2 Å². The smallest absolute Gasteiger partial charge is 0.222 e. The SMILES string of the molecule is Cc1ccc(C(C)CCCC(=O)N(CCS(C)(=O)=O)CC(O)C(O)C(O)C(O)CO)cc1CNC1(c2cnccc2-c2ccccc2OC2CC2)CC1. The Morgan fingerprint density at radius 3 is 2.43 bits per heavy atom. The van der Waals surface area contributed by atoms with E-state index in [0.29, 0.717) is 25.5 Å². The summed E-state index contributed by atoms with van der Waals surface area (Å²) in [5, 5.41) is 53.4. The monoisotopic (exact) mass is 753 g/mol. The molecule has 0 saturated heterocycles. The Bertz CT molecular complexity index is 1800. The number of ether oxygens (including phenoxy) is 1. The van der Waals surface area contributed by atoms with Gasteiger partial charge < -0.3 is 40.5 Å². The van der Waals surface area contributed by atoms with E-state index in [4.69, 9.17) is 9.84 Å². The van der Waals surface area contributed by atoms with Gasteiger partial charge in [0.2, 0.25) is 5.91 Å². The standard InChI is InChI=1S/C40H55N3O9S/c1-26(7-6-10-37(47)43(19-20-53(3,50)51)24-34(45)38(48)39(49)35(46)25-44)28-12-11-27(2)29(21-28)22-42-40(16-17-40)33-23-41-18-15-31(33)32-8-4-5-9-36(32)52-30-13-14-30/h4-5,8-9,11-12,15,18,21,23,26,30,34-35,38-39,42,44-46,48-49H,6-7,10,13-14,16-17,19-20,22,24-25H2,1-3H3. The first-order valence-electron chi connectivity index (χ1n) is 18.5. The van der Waals surface area contributed by atoms with E-state index in [1.807, 2.05) is 30.6 Å². The van der Waals surface area contributed by atoms with E-state index in [1.54, 1.807) is 0 Å². The van der Waals surface area contributed by atoms with Gasteiger partial charge in [-0.25, -0.2) is 8.42 Å². The van der Waals surface area contributed by atoms with Gasteiger partial charge in [-0.15, -0.1) is 0 Å². The highest BCUT2D eigenvalue weighted by molar-refractivity contribution is 7.90. The Morgan fingerprint density at radius 1 is 1.04 bits per heavy atom. The van der Waals surface area contributed by atoms with Gasteiger partial charge in [-0.1, -0.05) is 43.3 Å². The van der Waals surface area contributed by atoms with Crippen molar-refractivity contribution in [3.05, 3.63) is 83.2 Å². The summed E-state index contributed by atoms with van der Waals surface area (Å²) in [6.07, 6.45) is 3.53. The number of rotatable bonds is 21. The number of sulfone groups is 1. The molecule has 2 fully saturated rings. The van der Waals surface area contributed by atoms with E-state index in [9.17, 15) is 33.6 Å². The highest BCUT2D eigenvalue weighted by Gasteiger charge is 2.46. The summed E-state index contributed by atoms with van der Waals surface area (Å²) in [5.74, 6) is 0.289. The number of hydrogen-bond acceptors (Lipinski definition) is 11. The van der Waals surface area contributed by atoms with Crippen molar-refractivity contribution in [2.45, 2.75) is 107 Å². The highest BCUT2D eigenvalue weighted by Crippen LogP contribution is 2.50. The van der Waals surface area contributed by atoms with Crippen molar-refractivity contribution in [2.75, 3.05) is 31.7 Å². The molecule has 5 rings (SSSR count). The summed E-state index contributed by atoms with van der Waals surface area (Å²) in [6, 6.07) is 16.8. The summed E-state index contributed by atoms with van der Waals surface area (Å²) in [4.78, 5) is 18.9. The van der Waals surface area contributed by atoms with Crippen molar-refractivity contribution in [1.29, 1.82) is 0 Å². The second-order valence-corrected chi connectivity index (χ2v) is 17.2. The molecule has 2 aliphatic rings. The molecule has 2 aliphatic carbocycles. The van der Waals surface area contributed by atoms with Crippen LogP contribution in [0.4, 0.5) is 0 Å². The molecule has 6 N–H and O–H groups in total. The van der Waals surface area contributed by atoms with Gasteiger partial charge in [0.15, 0.2) is 0 Å². The molecule has 12 nitrogen and oxygen atoms in total. The Labute approximate surface area is 312 Å². The van der Waals surface area contributed by atoms with E-state index in [1.165, 1.54) is 16.7 Å². The van der Waals surface area contributed by atoms with Crippen molar-refractivity contribution in [3.63, 3.8) is 0 Å². The minimum atomic E-state index is -3.44. The number of aliphatic hydroxyl groups is 5. The molecule has 0 bridgehead atoms. The minimum Gasteiger partial charge on any atom is -0.490 e. The van der Waals surface area contributed by atoms with Crippen LogP contribution in [-0.2, 0) is 26.7 Å². The van der Waals surface area contributed by atoms with Crippen LogP contribution in [0.15, 0.2) is 60.9 Å². The van der Waals surface area contributed by atoms with Gasteiger partial charge in [-0.3, -0.25) is 9.78 Å². The van der Waals surface area contributed by atoms with Crippen LogP contribution in [0, 0.1) is 6.92 Å². The molecule has 5 unspecified atom stereocenters. The number of amides is 1. The number of nitrogens with one attached hydrogen (secondary N) is 1. The van der Waals surface area contributed by atoms with Gasteiger partial charge in [0.05, 0.1) is 18.5 Å². The Hall–Kier alpha value is -3.43. The molecule has 0 aliphatic heterocycles. The third-order valence-corrected chi connectivity index (χ3v) is 11.4. The number of carbonyl (C=O) groups excluding carboxylic acids is 1. The quantitative estimate of drug-likeness (QED) is 0.0939. The molecule has 5 atom stereocenters. The Kier molecular flexibility index (Phi) is 13.7. The second kappa shape index (κ2) is 17.8. The second-order valence-electron chi connectivity index (χ2n) is 14.9. The molecule has 3 aromatic rings. The molecule has 2 aromatic carbocycles. The first kappa shape index (κ1) is 40.7. The van der Waals surface area contributed by atoms with Crippen LogP contribution in [0.3, 0.4) is 0 Å². The largest absolute Gasteiger partial charge is 0.490 e. The molecular formula is C40H55N3O9S. The topological polar surface area (TPSA) is 190 Å². The molecule has 0 radical (unpaired) electrons. The van der Waals surface area contributed by atoms with Gasteiger partial charge in [0.1, 0.15) is 40.0 Å². The van der Waals surface area contributed by atoms with Gasteiger partial charge in [0.25, 0.3) is 0 Å². The lowest BCUT2D eigenvalue weighted by Crippen LogP contribution is -2.51. The third-order valence-electron chi connectivity index (χ3n) is 10.5. The summed E-state index contributed by atoms with van der Waals surface area (Å²) >= 11 is 0. The highest BCUT2D eigenvalue weighted by atomic mass is 32.2. The van der Waals surface area contributed by atoms with Gasteiger partial charge >= 0.3 is 0 Å². The predicted octanol–water partition coefficient (Wildman–Crippen LogP) is 2.96. The fourth-order valence-corrected chi connectivity index (χ4v) is 7.21. The normalized spacial score (nSPS) is 18.1. The fraction of sp³-hybridized carbons (Fsp3) is 0.550. The van der Waals surface area contributed by atoms with Crippen LogP contribution >= 0.6 is 0 Å². The lowest BCUT2D eigenvalue weighted by atomic mass is 9.91. The number of para-hydroxylation sites is 1. The van der Waals surface area contributed by atoms with Crippen LogP contribution in [-0.4, -0.2) is 112 Å². The zero-order valence-electron chi connectivity index (χ0n) is 30.9. The molecule has 1 heterocycles. The zero-order valence-corrected chi connectivity index (χ0v) is 31.7. The fourth-order valence-electron chi connectivity index (χ4n) is 6.66. The van der Waals surface area contributed by atoms with E-state index in [2.05, 4.69) is 54.5 Å². The predicted molar refractivity (Wildman–Crippen MR) is 202 cm³/mol. The first-order chi connectivity index (χ1) is 25.2. The van der Waals surface area contributed by atoms with E-state index in [-0.39, 0.29) is 30.2 Å². The number of aromatic nitrogens is 1. The minimum absolute atomic E-state index is 0.0871. The molecule has 0 spiro atoms. The van der Waals surface area contributed by atoms with Gasteiger partial charge in [-0.2, -0.15) is 0 Å². The van der Waals surface area contributed by atoms with E-state index >= 15 is 0 Å². The number of pyridine rings is 1. The number of benzene rings is 2. The lowest BCUT2D eigenvalue weighted by molar-refractivity contribution is -0.139. The average Bonchev–Trinajstić information content (AvgIpc) is 4.09. The molecule has 53 heavy (non-hydrogen) atoms. The van der Waals surface area contributed by atoms with Crippen molar-refractivity contribution in [3.8, 4) is 16.9 Å². The zero-order chi connectivity index (χ0) is 38.3. The van der Waals surface area contributed by atoms with Gasteiger partial charge in [-0.05, 0) is 91.3 Å². The van der Waals surface area contributed by atoms with Crippen LogP contribution in [0.1, 0.15) is 80.0 Å². The summed E-state index contributed by atoms with van der Waals surface area (Å²) in [6.45, 7) is 3.40. The average molecular weight is 754 g/mol. The number of hydrogen-bond donors (Lipinski definition) is 6. The maximum atomic E-state index is 13.2. The van der Waals surface area contributed by atoms with Crippen LogP contribution in [0.5, 0.6) is 5.75 Å². The lowest BCUT2D eigenvalue weighted by Gasteiger charge is -2.30. The molecule has 1 aromatic heterocycles. The number of carbonyl (C=O) groups is 1. The van der Waals surface area contributed by atoms with E-state index < -0.39 is 53.3 Å². The Balaban J connectivity index is 1.20. The molecular weight excluding hydrogens is 699 g/mol. The van der Waals surface area contributed by atoms with Crippen molar-refractivity contribution >= 4 is 15.7 Å².